The predicted molar refractivity (Wildman–Crippen MR) is 91.0 cm³/mol. The third kappa shape index (κ3) is 3.32. The summed E-state index contributed by atoms with van der Waals surface area (Å²) in [5.41, 5.74) is 1.85. The maximum absolute atomic E-state index is 12.4. The number of hydrogen-bond donors (Lipinski definition) is 1. The monoisotopic (exact) mass is 313 g/mol. The zero-order valence-corrected chi connectivity index (χ0v) is 13.5. The standard InChI is InChI=1S/C19H23NO3/c1-2-17-16(15-7-3-4-8-18(15)23-17)9-10-19(22)20-11-5-6-14(12-20)13-21/h3-4,7-10,14,21H,2,5-6,11-13H2,1H3/b10-9+. The van der Waals surface area contributed by atoms with Crippen LogP contribution in [-0.2, 0) is 11.2 Å². The van der Waals surface area contributed by atoms with Crippen LogP contribution < -0.4 is 0 Å². The number of aryl methyl sites for hydroxylation is 1. The first-order valence-corrected chi connectivity index (χ1v) is 8.31. The lowest BCUT2D eigenvalue weighted by Crippen LogP contribution is -2.40. The highest BCUT2D eigenvalue weighted by atomic mass is 16.3. The Labute approximate surface area is 136 Å². The number of likely N-dealkylation sites (tertiary alicyclic amines) is 1. The van der Waals surface area contributed by atoms with Gasteiger partial charge < -0.3 is 14.4 Å². The molecule has 1 amide bonds. The van der Waals surface area contributed by atoms with Crippen molar-refractivity contribution in [1.82, 2.24) is 4.90 Å². The number of aliphatic hydroxyl groups excluding tert-OH is 1. The van der Waals surface area contributed by atoms with Gasteiger partial charge in [-0.25, -0.2) is 0 Å². The summed E-state index contributed by atoms with van der Waals surface area (Å²) in [6.45, 7) is 3.62. The van der Waals surface area contributed by atoms with Crippen molar-refractivity contribution in [3.8, 4) is 0 Å². The number of piperidine rings is 1. The molecule has 1 aliphatic rings. The molecule has 23 heavy (non-hydrogen) atoms. The van der Waals surface area contributed by atoms with Crippen molar-refractivity contribution in [2.24, 2.45) is 5.92 Å². The number of furan rings is 1. The molecule has 1 atom stereocenters. The van der Waals surface area contributed by atoms with Gasteiger partial charge in [0.05, 0.1) is 0 Å². The lowest BCUT2D eigenvalue weighted by Gasteiger charge is -2.31. The molecule has 0 aliphatic carbocycles. The first-order valence-electron chi connectivity index (χ1n) is 8.31. The van der Waals surface area contributed by atoms with Crippen molar-refractivity contribution < 1.29 is 14.3 Å². The van der Waals surface area contributed by atoms with E-state index < -0.39 is 0 Å². The second-order valence-electron chi connectivity index (χ2n) is 6.10. The molecule has 4 heteroatoms. The van der Waals surface area contributed by atoms with Crippen molar-refractivity contribution in [3.63, 3.8) is 0 Å². The molecule has 0 bridgehead atoms. The average Bonchev–Trinajstić information content (AvgIpc) is 2.97. The highest BCUT2D eigenvalue weighted by Gasteiger charge is 2.21. The lowest BCUT2D eigenvalue weighted by molar-refractivity contribution is -0.127. The Kier molecular flexibility index (Phi) is 4.82. The summed E-state index contributed by atoms with van der Waals surface area (Å²) in [7, 11) is 0. The third-order valence-electron chi connectivity index (χ3n) is 4.51. The fraction of sp³-hybridized carbons (Fsp3) is 0.421. The van der Waals surface area contributed by atoms with Crippen molar-refractivity contribution >= 4 is 23.0 Å². The zero-order valence-electron chi connectivity index (χ0n) is 13.5. The quantitative estimate of drug-likeness (QED) is 0.882. The van der Waals surface area contributed by atoms with E-state index in [9.17, 15) is 9.90 Å². The molecule has 2 aromatic rings. The number of carbonyl (C=O) groups excluding carboxylic acids is 1. The second-order valence-corrected chi connectivity index (χ2v) is 6.10. The number of para-hydroxylation sites is 1. The number of hydrogen-bond acceptors (Lipinski definition) is 3. The summed E-state index contributed by atoms with van der Waals surface area (Å²) < 4.78 is 5.85. The van der Waals surface area contributed by atoms with Crippen molar-refractivity contribution in [3.05, 3.63) is 41.7 Å². The summed E-state index contributed by atoms with van der Waals surface area (Å²) in [6.07, 6.45) is 6.25. The molecule has 1 aliphatic heterocycles. The minimum absolute atomic E-state index is 0.00971. The molecule has 1 fully saturated rings. The third-order valence-corrected chi connectivity index (χ3v) is 4.51. The van der Waals surface area contributed by atoms with Gasteiger partial charge in [0.15, 0.2) is 0 Å². The number of nitrogens with zero attached hydrogens (tertiary/aromatic N) is 1. The maximum atomic E-state index is 12.4. The van der Waals surface area contributed by atoms with Gasteiger partial charge in [0.2, 0.25) is 5.91 Å². The largest absolute Gasteiger partial charge is 0.460 e. The Morgan fingerprint density at radius 3 is 3.04 bits per heavy atom. The molecular weight excluding hydrogens is 290 g/mol. The second kappa shape index (κ2) is 7.01. The first-order chi connectivity index (χ1) is 11.2. The molecule has 0 saturated carbocycles. The van der Waals surface area contributed by atoms with Gasteiger partial charge in [-0.2, -0.15) is 0 Å². The van der Waals surface area contributed by atoms with E-state index in [1.54, 1.807) is 6.08 Å². The van der Waals surface area contributed by atoms with E-state index in [0.717, 1.165) is 48.1 Å². The molecule has 2 heterocycles. The molecule has 1 unspecified atom stereocenters. The predicted octanol–water partition coefficient (Wildman–Crippen LogP) is 3.24. The van der Waals surface area contributed by atoms with E-state index in [2.05, 4.69) is 0 Å². The zero-order chi connectivity index (χ0) is 16.2. The van der Waals surface area contributed by atoms with E-state index >= 15 is 0 Å². The normalized spacial score (nSPS) is 18.9. The number of benzene rings is 1. The SMILES string of the molecule is CCc1oc2ccccc2c1/C=C/C(=O)N1CCCC(CO)C1. The topological polar surface area (TPSA) is 53.7 Å². The molecular formula is C19H23NO3. The molecule has 1 aromatic carbocycles. The Morgan fingerprint density at radius 1 is 1.43 bits per heavy atom. The van der Waals surface area contributed by atoms with Crippen molar-refractivity contribution in [1.29, 1.82) is 0 Å². The van der Waals surface area contributed by atoms with Gasteiger partial charge in [-0.3, -0.25) is 4.79 Å². The van der Waals surface area contributed by atoms with Crippen LogP contribution in [0.2, 0.25) is 0 Å². The van der Waals surface area contributed by atoms with Gasteiger partial charge >= 0.3 is 0 Å². The van der Waals surface area contributed by atoms with E-state index in [1.807, 2.05) is 42.2 Å². The number of amides is 1. The van der Waals surface area contributed by atoms with Crippen LogP contribution in [-0.4, -0.2) is 35.6 Å². The molecule has 4 nitrogen and oxygen atoms in total. The van der Waals surface area contributed by atoms with Crippen LogP contribution in [0.25, 0.3) is 17.0 Å². The van der Waals surface area contributed by atoms with Crippen LogP contribution >= 0.6 is 0 Å². The molecule has 122 valence electrons. The van der Waals surface area contributed by atoms with Crippen LogP contribution in [0.3, 0.4) is 0 Å². The van der Waals surface area contributed by atoms with Crippen LogP contribution in [0.1, 0.15) is 31.1 Å². The van der Waals surface area contributed by atoms with Gasteiger partial charge in [0, 0.05) is 43.1 Å². The minimum Gasteiger partial charge on any atom is -0.460 e. The maximum Gasteiger partial charge on any atom is 0.246 e. The molecule has 1 saturated heterocycles. The van der Waals surface area contributed by atoms with Crippen molar-refractivity contribution in [2.45, 2.75) is 26.2 Å². The first kappa shape index (κ1) is 15.8. The Balaban J connectivity index is 1.81. The van der Waals surface area contributed by atoms with Crippen LogP contribution in [0.15, 0.2) is 34.8 Å². The summed E-state index contributed by atoms with van der Waals surface area (Å²) in [5.74, 6) is 1.12. The highest BCUT2D eigenvalue weighted by molar-refractivity contribution is 5.96. The van der Waals surface area contributed by atoms with Crippen LogP contribution in [0.4, 0.5) is 0 Å². The summed E-state index contributed by atoms with van der Waals surface area (Å²) in [5, 5.41) is 10.3. The Morgan fingerprint density at radius 2 is 2.26 bits per heavy atom. The van der Waals surface area contributed by atoms with Gasteiger partial charge in [-0.15, -0.1) is 0 Å². The van der Waals surface area contributed by atoms with Gasteiger partial charge in [0.1, 0.15) is 11.3 Å². The van der Waals surface area contributed by atoms with Gasteiger partial charge in [-0.05, 0) is 30.9 Å². The fourth-order valence-corrected chi connectivity index (χ4v) is 3.24. The molecule has 1 N–H and O–H groups in total. The number of rotatable bonds is 4. The summed E-state index contributed by atoms with van der Waals surface area (Å²) in [4.78, 5) is 14.2. The summed E-state index contributed by atoms with van der Waals surface area (Å²) >= 11 is 0. The molecule has 0 spiro atoms. The molecule has 1 aromatic heterocycles. The van der Waals surface area contributed by atoms with E-state index in [0.29, 0.717) is 6.54 Å². The smallest absolute Gasteiger partial charge is 0.246 e. The highest BCUT2D eigenvalue weighted by Crippen LogP contribution is 2.27. The van der Waals surface area contributed by atoms with Gasteiger partial charge in [0.25, 0.3) is 0 Å². The van der Waals surface area contributed by atoms with Crippen molar-refractivity contribution in [2.75, 3.05) is 19.7 Å². The number of carbonyl (C=O) groups is 1. The molecule has 0 radical (unpaired) electrons. The van der Waals surface area contributed by atoms with Crippen LogP contribution in [0, 0.1) is 5.92 Å². The van der Waals surface area contributed by atoms with Crippen LogP contribution in [0.5, 0.6) is 0 Å². The fourth-order valence-electron chi connectivity index (χ4n) is 3.24. The lowest BCUT2D eigenvalue weighted by atomic mass is 9.99. The average molecular weight is 313 g/mol. The Hall–Kier alpha value is -2.07. The minimum atomic E-state index is 0.00971. The molecule has 3 rings (SSSR count). The van der Waals surface area contributed by atoms with E-state index in [4.69, 9.17) is 4.42 Å². The number of aliphatic hydroxyl groups is 1. The Bertz CT molecular complexity index is 716. The summed E-state index contributed by atoms with van der Waals surface area (Å²) in [6, 6.07) is 7.90. The van der Waals surface area contributed by atoms with E-state index in [1.165, 1.54) is 0 Å². The number of fused-ring (bicyclic) bond motifs is 1. The van der Waals surface area contributed by atoms with Gasteiger partial charge in [-0.1, -0.05) is 25.1 Å². The van der Waals surface area contributed by atoms with E-state index in [-0.39, 0.29) is 18.4 Å².